The van der Waals surface area contributed by atoms with Gasteiger partial charge in [0, 0.05) is 17.1 Å². The van der Waals surface area contributed by atoms with Crippen LogP contribution in [0.4, 0.5) is 5.82 Å². The lowest BCUT2D eigenvalue weighted by atomic mass is 10.1. The number of hydrogen-bond donors (Lipinski definition) is 1. The van der Waals surface area contributed by atoms with E-state index in [1.807, 2.05) is 31.3 Å². The van der Waals surface area contributed by atoms with Crippen molar-refractivity contribution in [3.8, 4) is 11.3 Å². The molecule has 14 heavy (non-hydrogen) atoms. The third kappa shape index (κ3) is 1.78. The molecule has 1 aromatic carbocycles. The molecule has 5 heteroatoms. The summed E-state index contributed by atoms with van der Waals surface area (Å²) in [6, 6.07) is 8.01. The van der Waals surface area contributed by atoms with Crippen LogP contribution in [0.3, 0.4) is 0 Å². The molecule has 3 nitrogen and oxygen atoms in total. The summed E-state index contributed by atoms with van der Waals surface area (Å²) in [7, 11) is 1.85. The molecular weight excluding hydrogens is 262 g/mol. The Kier molecular flexibility index (Phi) is 2.79. The minimum atomic E-state index is 0.827. The van der Waals surface area contributed by atoms with Crippen LogP contribution in [-0.4, -0.2) is 15.8 Å². The lowest BCUT2D eigenvalue weighted by Crippen LogP contribution is -1.90. The van der Waals surface area contributed by atoms with Gasteiger partial charge in [0.15, 0.2) is 5.82 Å². The molecule has 2 aromatic rings. The molecule has 0 spiro atoms. The molecule has 0 saturated carbocycles. The molecule has 0 saturated heterocycles. The van der Waals surface area contributed by atoms with Crippen LogP contribution in [0.1, 0.15) is 0 Å². The van der Waals surface area contributed by atoms with E-state index >= 15 is 0 Å². The first-order valence-electron chi connectivity index (χ1n) is 4.07. The maximum Gasteiger partial charge on any atom is 0.167 e. The molecule has 1 N–H and O–H groups in total. The quantitative estimate of drug-likeness (QED) is 0.911. The van der Waals surface area contributed by atoms with E-state index in [-0.39, 0.29) is 0 Å². The standard InChI is InChI=1S/C9H8BrN3S/c1-11-9-8(12-14-13-9)6-3-2-4-7(10)5-6/h2-5H,1H3,(H,11,13). The van der Waals surface area contributed by atoms with Gasteiger partial charge in [-0.05, 0) is 12.1 Å². The topological polar surface area (TPSA) is 37.8 Å². The van der Waals surface area contributed by atoms with Crippen molar-refractivity contribution in [3.05, 3.63) is 28.7 Å². The first kappa shape index (κ1) is 9.61. The van der Waals surface area contributed by atoms with Gasteiger partial charge in [-0.2, -0.15) is 8.75 Å². The van der Waals surface area contributed by atoms with E-state index in [0.717, 1.165) is 21.5 Å². The molecule has 1 aromatic heterocycles. The Morgan fingerprint density at radius 3 is 2.93 bits per heavy atom. The van der Waals surface area contributed by atoms with Gasteiger partial charge in [0.1, 0.15) is 5.69 Å². The molecule has 0 aliphatic heterocycles. The zero-order valence-electron chi connectivity index (χ0n) is 7.49. The van der Waals surface area contributed by atoms with Crippen molar-refractivity contribution >= 4 is 33.5 Å². The summed E-state index contributed by atoms with van der Waals surface area (Å²) in [4.78, 5) is 0. The normalized spacial score (nSPS) is 10.1. The molecule has 2 rings (SSSR count). The Morgan fingerprint density at radius 2 is 2.21 bits per heavy atom. The lowest BCUT2D eigenvalue weighted by molar-refractivity contribution is 1.40. The van der Waals surface area contributed by atoms with Gasteiger partial charge in [-0.15, -0.1) is 0 Å². The van der Waals surface area contributed by atoms with Crippen LogP contribution in [-0.2, 0) is 0 Å². The first-order valence-corrected chi connectivity index (χ1v) is 5.60. The molecule has 0 amide bonds. The predicted octanol–water partition coefficient (Wildman–Crippen LogP) is 3.01. The van der Waals surface area contributed by atoms with Crippen molar-refractivity contribution in [3.63, 3.8) is 0 Å². The Bertz CT molecular complexity index is 441. The molecule has 72 valence electrons. The molecule has 0 fully saturated rings. The molecule has 0 radical (unpaired) electrons. The fourth-order valence-corrected chi connectivity index (χ4v) is 2.15. The molecule has 1 heterocycles. The fraction of sp³-hybridized carbons (Fsp3) is 0.111. The van der Waals surface area contributed by atoms with Crippen molar-refractivity contribution in [2.75, 3.05) is 12.4 Å². The van der Waals surface area contributed by atoms with Crippen molar-refractivity contribution < 1.29 is 0 Å². The van der Waals surface area contributed by atoms with Crippen LogP contribution in [0.5, 0.6) is 0 Å². The summed E-state index contributed by atoms with van der Waals surface area (Å²) >= 11 is 4.64. The number of nitrogens with one attached hydrogen (secondary N) is 1. The number of nitrogens with zero attached hydrogens (tertiary/aromatic N) is 2. The van der Waals surface area contributed by atoms with Gasteiger partial charge in [0.05, 0.1) is 11.7 Å². The van der Waals surface area contributed by atoms with Gasteiger partial charge in [-0.3, -0.25) is 0 Å². The van der Waals surface area contributed by atoms with E-state index in [1.54, 1.807) is 0 Å². The summed E-state index contributed by atoms with van der Waals surface area (Å²) in [6.07, 6.45) is 0. The second-order valence-electron chi connectivity index (χ2n) is 2.72. The second kappa shape index (κ2) is 4.06. The van der Waals surface area contributed by atoms with Gasteiger partial charge in [0.25, 0.3) is 0 Å². The summed E-state index contributed by atoms with van der Waals surface area (Å²) in [5.41, 5.74) is 1.97. The molecule has 0 unspecified atom stereocenters. The molecule has 0 bridgehead atoms. The van der Waals surface area contributed by atoms with Gasteiger partial charge in [0.2, 0.25) is 0 Å². The highest BCUT2D eigenvalue weighted by Crippen LogP contribution is 2.27. The monoisotopic (exact) mass is 269 g/mol. The maximum absolute atomic E-state index is 4.25. The van der Waals surface area contributed by atoms with Crippen LogP contribution in [0, 0.1) is 0 Å². The van der Waals surface area contributed by atoms with Gasteiger partial charge in [-0.1, -0.05) is 28.1 Å². The average molecular weight is 270 g/mol. The summed E-state index contributed by atoms with van der Waals surface area (Å²) in [5, 5.41) is 3.02. The summed E-state index contributed by atoms with van der Waals surface area (Å²) in [6.45, 7) is 0. The number of hydrogen-bond acceptors (Lipinski definition) is 4. The van der Waals surface area contributed by atoms with Crippen molar-refractivity contribution in [1.82, 2.24) is 8.75 Å². The van der Waals surface area contributed by atoms with Crippen LogP contribution in [0.25, 0.3) is 11.3 Å². The van der Waals surface area contributed by atoms with E-state index < -0.39 is 0 Å². The fourth-order valence-electron chi connectivity index (χ4n) is 1.18. The summed E-state index contributed by atoms with van der Waals surface area (Å²) in [5.74, 6) is 0.827. The van der Waals surface area contributed by atoms with Crippen LogP contribution in [0.2, 0.25) is 0 Å². The third-order valence-electron chi connectivity index (χ3n) is 1.82. The van der Waals surface area contributed by atoms with Crippen molar-refractivity contribution in [2.45, 2.75) is 0 Å². The SMILES string of the molecule is CNc1nsnc1-c1cccc(Br)c1. The maximum atomic E-state index is 4.25. The van der Waals surface area contributed by atoms with Crippen LogP contribution >= 0.6 is 27.7 Å². The molecule has 0 aliphatic rings. The number of rotatable bonds is 2. The number of aromatic nitrogens is 2. The predicted molar refractivity (Wildman–Crippen MR) is 62.6 cm³/mol. The van der Waals surface area contributed by atoms with E-state index in [4.69, 9.17) is 0 Å². The number of anilines is 1. The number of benzene rings is 1. The largest absolute Gasteiger partial charge is 0.370 e. The van der Waals surface area contributed by atoms with E-state index in [2.05, 4.69) is 30.0 Å². The minimum Gasteiger partial charge on any atom is -0.370 e. The zero-order chi connectivity index (χ0) is 9.97. The second-order valence-corrected chi connectivity index (χ2v) is 4.17. The molecule has 0 aliphatic carbocycles. The highest BCUT2D eigenvalue weighted by Gasteiger charge is 2.08. The van der Waals surface area contributed by atoms with E-state index in [9.17, 15) is 0 Å². The third-order valence-corrected chi connectivity index (χ3v) is 2.85. The van der Waals surface area contributed by atoms with Crippen molar-refractivity contribution in [2.24, 2.45) is 0 Å². The van der Waals surface area contributed by atoms with Crippen LogP contribution in [0.15, 0.2) is 28.7 Å². The van der Waals surface area contributed by atoms with Gasteiger partial charge in [-0.25, -0.2) is 0 Å². The lowest BCUT2D eigenvalue weighted by Gasteiger charge is -2.00. The first-order chi connectivity index (χ1) is 6.81. The van der Waals surface area contributed by atoms with E-state index in [1.165, 1.54) is 11.7 Å². The average Bonchev–Trinajstić information content (AvgIpc) is 2.65. The smallest absolute Gasteiger partial charge is 0.167 e. The molecular formula is C9H8BrN3S. The Morgan fingerprint density at radius 1 is 1.36 bits per heavy atom. The number of halogens is 1. The van der Waals surface area contributed by atoms with Crippen molar-refractivity contribution in [1.29, 1.82) is 0 Å². The van der Waals surface area contributed by atoms with Crippen LogP contribution < -0.4 is 5.32 Å². The molecule has 0 atom stereocenters. The Labute approximate surface area is 94.6 Å². The van der Waals surface area contributed by atoms with Gasteiger partial charge < -0.3 is 5.32 Å². The Hall–Kier alpha value is -0.940. The Balaban J connectivity index is 2.49. The van der Waals surface area contributed by atoms with Gasteiger partial charge >= 0.3 is 0 Å². The minimum absolute atomic E-state index is 0.827. The highest BCUT2D eigenvalue weighted by atomic mass is 79.9. The summed E-state index contributed by atoms with van der Waals surface area (Å²) < 4.78 is 9.44. The zero-order valence-corrected chi connectivity index (χ0v) is 9.89. The van der Waals surface area contributed by atoms with E-state index in [0.29, 0.717) is 0 Å². The highest BCUT2D eigenvalue weighted by molar-refractivity contribution is 9.10.